The van der Waals surface area contributed by atoms with E-state index in [1.54, 1.807) is 0 Å². The molecule has 4 heteroatoms. The van der Waals surface area contributed by atoms with Crippen molar-refractivity contribution in [1.29, 1.82) is 0 Å². The number of aliphatic hydroxyl groups excluding tert-OH is 1. The zero-order valence-electron chi connectivity index (χ0n) is 13.2. The summed E-state index contributed by atoms with van der Waals surface area (Å²) in [5.74, 6) is 0.0114. The minimum Gasteiger partial charge on any atom is -0.501 e. The van der Waals surface area contributed by atoms with E-state index in [-0.39, 0.29) is 0 Å². The van der Waals surface area contributed by atoms with Crippen molar-refractivity contribution in [2.75, 3.05) is 14.2 Å². The van der Waals surface area contributed by atoms with Gasteiger partial charge < -0.3 is 14.6 Å². The second-order valence-electron chi connectivity index (χ2n) is 5.11. The monoisotopic (exact) mass is 286 g/mol. The molecule has 0 fully saturated rings. The highest BCUT2D eigenvalue weighted by atomic mass is 16.5. The Hall–Kier alpha value is -1.03. The maximum absolute atomic E-state index is 11.1. The number of aliphatic hydroxyl groups is 1. The summed E-state index contributed by atoms with van der Waals surface area (Å²) < 4.78 is 9.60. The first kappa shape index (κ1) is 19.0. The Morgan fingerprint density at radius 3 is 2.20 bits per heavy atom. The molecule has 20 heavy (non-hydrogen) atoms. The third-order valence-corrected chi connectivity index (χ3v) is 3.32. The van der Waals surface area contributed by atoms with Gasteiger partial charge in [-0.15, -0.1) is 0 Å². The number of hydrogen-bond acceptors (Lipinski definition) is 4. The molecule has 0 radical (unpaired) electrons. The Morgan fingerprint density at radius 1 is 1.05 bits per heavy atom. The van der Waals surface area contributed by atoms with E-state index in [1.807, 2.05) is 0 Å². The summed E-state index contributed by atoms with van der Waals surface area (Å²) >= 11 is 0. The summed E-state index contributed by atoms with van der Waals surface area (Å²) in [5, 5.41) is 9.90. The molecule has 1 atom stereocenters. The number of rotatable bonds is 12. The Bertz CT molecular complexity index is 274. The van der Waals surface area contributed by atoms with Crippen LogP contribution in [0.15, 0.2) is 11.8 Å². The molecule has 4 nitrogen and oxygen atoms in total. The molecular weight excluding hydrogens is 256 g/mol. The van der Waals surface area contributed by atoms with Crippen LogP contribution in [0.1, 0.15) is 64.7 Å². The fourth-order valence-electron chi connectivity index (χ4n) is 2.06. The van der Waals surface area contributed by atoms with Crippen LogP contribution in [0.25, 0.3) is 0 Å². The van der Waals surface area contributed by atoms with Gasteiger partial charge in [0.2, 0.25) is 0 Å². The summed E-state index contributed by atoms with van der Waals surface area (Å²) in [7, 11) is 2.82. The summed E-state index contributed by atoms with van der Waals surface area (Å²) in [6.07, 6.45) is 10.5. The van der Waals surface area contributed by atoms with Crippen LogP contribution in [0.2, 0.25) is 0 Å². The van der Waals surface area contributed by atoms with Crippen molar-refractivity contribution >= 4 is 5.97 Å². The van der Waals surface area contributed by atoms with Crippen molar-refractivity contribution in [3.8, 4) is 0 Å². The van der Waals surface area contributed by atoms with Gasteiger partial charge in [-0.3, -0.25) is 0 Å². The first-order valence-corrected chi connectivity index (χ1v) is 7.64. The number of ether oxygens (including phenoxy) is 2. The lowest BCUT2D eigenvalue weighted by atomic mass is 10.0. The van der Waals surface area contributed by atoms with E-state index in [1.165, 1.54) is 52.4 Å². The number of esters is 1. The maximum Gasteiger partial charge on any atom is 0.333 e. The number of carbonyl (C=O) groups is 1. The van der Waals surface area contributed by atoms with Crippen molar-refractivity contribution < 1.29 is 19.4 Å². The van der Waals surface area contributed by atoms with E-state index in [9.17, 15) is 9.90 Å². The largest absolute Gasteiger partial charge is 0.501 e. The lowest BCUT2D eigenvalue weighted by Crippen LogP contribution is -2.10. The molecule has 1 N–H and O–H groups in total. The summed E-state index contributed by atoms with van der Waals surface area (Å²) in [6, 6.07) is 0. The molecule has 0 saturated heterocycles. The van der Waals surface area contributed by atoms with E-state index in [2.05, 4.69) is 11.7 Å². The molecule has 0 aliphatic heterocycles. The highest BCUT2D eigenvalue weighted by molar-refractivity contribution is 5.82. The zero-order chi connectivity index (χ0) is 15.2. The van der Waals surface area contributed by atoms with Crippen LogP contribution in [-0.4, -0.2) is 31.4 Å². The van der Waals surface area contributed by atoms with Gasteiger partial charge in [-0.2, -0.15) is 0 Å². The summed E-state index contributed by atoms with van der Waals surface area (Å²) in [5.41, 5.74) is 0. The van der Waals surface area contributed by atoms with Crippen LogP contribution < -0.4 is 0 Å². The van der Waals surface area contributed by atoms with Crippen LogP contribution in [0.5, 0.6) is 0 Å². The fourth-order valence-corrected chi connectivity index (χ4v) is 2.06. The van der Waals surface area contributed by atoms with Crippen molar-refractivity contribution in [3.63, 3.8) is 0 Å². The van der Waals surface area contributed by atoms with Crippen molar-refractivity contribution in [2.24, 2.45) is 0 Å². The maximum atomic E-state index is 11.1. The smallest absolute Gasteiger partial charge is 0.333 e. The van der Waals surface area contributed by atoms with E-state index >= 15 is 0 Å². The normalized spacial score (nSPS) is 13.1. The molecule has 0 aromatic carbocycles. The topological polar surface area (TPSA) is 55.8 Å². The number of hydrogen-bond donors (Lipinski definition) is 1. The molecule has 118 valence electrons. The Morgan fingerprint density at radius 2 is 1.65 bits per heavy atom. The van der Waals surface area contributed by atoms with Crippen molar-refractivity contribution in [3.05, 3.63) is 11.8 Å². The van der Waals surface area contributed by atoms with Crippen LogP contribution in [-0.2, 0) is 14.3 Å². The predicted octanol–water partition coefficient (Wildman–Crippen LogP) is 3.58. The first-order chi connectivity index (χ1) is 9.63. The quantitative estimate of drug-likeness (QED) is 0.258. The van der Waals surface area contributed by atoms with E-state index < -0.39 is 12.1 Å². The van der Waals surface area contributed by atoms with Gasteiger partial charge in [-0.05, 0) is 6.42 Å². The third kappa shape index (κ3) is 10.9. The lowest BCUT2D eigenvalue weighted by molar-refractivity contribution is -0.135. The second kappa shape index (κ2) is 13.0. The fraction of sp³-hybridized carbons (Fsp3) is 0.812. The predicted molar refractivity (Wildman–Crippen MR) is 80.3 cm³/mol. The molecular formula is C16H30O4. The SMILES string of the molecule is CCCCCCCCCC(O)C/C(=C/C(=O)OC)OC. The minimum atomic E-state index is -0.457. The summed E-state index contributed by atoms with van der Waals surface area (Å²) in [6.45, 7) is 2.21. The van der Waals surface area contributed by atoms with Crippen molar-refractivity contribution in [2.45, 2.75) is 70.8 Å². The van der Waals surface area contributed by atoms with Gasteiger partial charge >= 0.3 is 5.97 Å². The number of carbonyl (C=O) groups excluding carboxylic acids is 1. The van der Waals surface area contributed by atoms with Gasteiger partial charge in [0, 0.05) is 6.42 Å². The first-order valence-electron chi connectivity index (χ1n) is 7.64. The molecule has 0 heterocycles. The van der Waals surface area contributed by atoms with Gasteiger partial charge in [0.1, 0.15) is 5.76 Å². The molecule has 0 amide bonds. The Labute approximate surface area is 123 Å². The molecule has 0 aliphatic rings. The number of methoxy groups -OCH3 is 2. The Balaban J connectivity index is 3.73. The molecule has 0 saturated carbocycles. The number of unbranched alkanes of at least 4 members (excludes halogenated alkanes) is 6. The van der Waals surface area contributed by atoms with Gasteiger partial charge in [0.15, 0.2) is 0 Å². The molecule has 0 spiro atoms. The standard InChI is InChI=1S/C16H30O4/c1-4-5-6-7-8-9-10-11-14(17)12-15(19-2)13-16(18)20-3/h13-14,17H,4-12H2,1-3H3/b15-13-. The van der Waals surface area contributed by atoms with Gasteiger partial charge in [-0.1, -0.05) is 51.9 Å². The molecule has 0 bridgehead atoms. The lowest BCUT2D eigenvalue weighted by Gasteiger charge is -2.12. The highest BCUT2D eigenvalue weighted by Crippen LogP contribution is 2.14. The van der Waals surface area contributed by atoms with Gasteiger partial charge in [-0.25, -0.2) is 4.79 Å². The molecule has 1 unspecified atom stereocenters. The third-order valence-electron chi connectivity index (χ3n) is 3.32. The van der Waals surface area contributed by atoms with E-state index in [0.29, 0.717) is 12.2 Å². The second-order valence-corrected chi connectivity index (χ2v) is 5.11. The van der Waals surface area contributed by atoms with Crippen LogP contribution in [0, 0.1) is 0 Å². The van der Waals surface area contributed by atoms with E-state index in [4.69, 9.17) is 4.74 Å². The Kier molecular flexibility index (Phi) is 12.3. The molecule has 0 aromatic heterocycles. The average Bonchev–Trinajstić information content (AvgIpc) is 2.45. The van der Waals surface area contributed by atoms with Crippen LogP contribution >= 0.6 is 0 Å². The van der Waals surface area contributed by atoms with Gasteiger partial charge in [0.25, 0.3) is 0 Å². The minimum absolute atomic E-state index is 0.363. The average molecular weight is 286 g/mol. The summed E-state index contributed by atoms with van der Waals surface area (Å²) in [4.78, 5) is 11.1. The van der Waals surface area contributed by atoms with E-state index in [0.717, 1.165) is 19.3 Å². The molecule has 0 aromatic rings. The molecule has 0 rings (SSSR count). The van der Waals surface area contributed by atoms with Gasteiger partial charge in [0.05, 0.1) is 26.4 Å². The van der Waals surface area contributed by atoms with Crippen LogP contribution in [0.3, 0.4) is 0 Å². The highest BCUT2D eigenvalue weighted by Gasteiger charge is 2.10. The molecule has 0 aliphatic carbocycles. The zero-order valence-corrected chi connectivity index (χ0v) is 13.2. The van der Waals surface area contributed by atoms with Crippen molar-refractivity contribution in [1.82, 2.24) is 0 Å². The van der Waals surface area contributed by atoms with Crippen LogP contribution in [0.4, 0.5) is 0 Å².